The monoisotopic (exact) mass is 278 g/mol. The van der Waals surface area contributed by atoms with Crippen molar-refractivity contribution in [3.8, 4) is 0 Å². The van der Waals surface area contributed by atoms with Crippen LogP contribution in [0.5, 0.6) is 0 Å². The van der Waals surface area contributed by atoms with Crippen LogP contribution in [0.25, 0.3) is 0 Å². The van der Waals surface area contributed by atoms with Gasteiger partial charge in [-0.15, -0.1) is 0 Å². The van der Waals surface area contributed by atoms with E-state index in [9.17, 15) is 9.59 Å². The van der Waals surface area contributed by atoms with Gasteiger partial charge in [0.05, 0.1) is 0 Å². The Balaban J connectivity index is 2.17. The third-order valence-electron chi connectivity index (χ3n) is 3.29. The van der Waals surface area contributed by atoms with Gasteiger partial charge in [0, 0.05) is 12.3 Å². The van der Waals surface area contributed by atoms with E-state index in [1.54, 1.807) is 18.7 Å². The van der Waals surface area contributed by atoms with Crippen molar-refractivity contribution >= 4 is 23.7 Å². The van der Waals surface area contributed by atoms with Gasteiger partial charge in [-0.1, -0.05) is 37.3 Å². The Labute approximate surface area is 117 Å². The number of thioether (sulfide) groups is 1. The van der Waals surface area contributed by atoms with Crippen LogP contribution in [0.3, 0.4) is 0 Å². The molecule has 0 saturated carbocycles. The van der Waals surface area contributed by atoms with Crippen LogP contribution in [0, 0.1) is 0 Å². The SMILES string of the molecule is CCSCCN1C(=O)N[C@@](C)(c2ccccc2)C1=O. The lowest BCUT2D eigenvalue weighted by atomic mass is 9.92. The van der Waals surface area contributed by atoms with Crippen LogP contribution in [-0.2, 0) is 10.3 Å². The highest BCUT2D eigenvalue weighted by atomic mass is 32.2. The topological polar surface area (TPSA) is 49.4 Å². The van der Waals surface area contributed by atoms with E-state index in [2.05, 4.69) is 12.2 Å². The predicted molar refractivity (Wildman–Crippen MR) is 77.0 cm³/mol. The van der Waals surface area contributed by atoms with Gasteiger partial charge in [-0.25, -0.2) is 4.79 Å². The summed E-state index contributed by atoms with van der Waals surface area (Å²) in [5.74, 6) is 1.60. The fourth-order valence-electron chi connectivity index (χ4n) is 2.17. The van der Waals surface area contributed by atoms with E-state index in [-0.39, 0.29) is 11.9 Å². The molecule has 1 atom stereocenters. The third-order valence-corrected chi connectivity index (χ3v) is 4.17. The molecule has 1 fully saturated rings. The summed E-state index contributed by atoms with van der Waals surface area (Å²) in [6.45, 7) is 4.28. The third kappa shape index (κ3) is 2.61. The van der Waals surface area contributed by atoms with E-state index >= 15 is 0 Å². The van der Waals surface area contributed by atoms with Crippen LogP contribution in [-0.4, -0.2) is 34.9 Å². The maximum atomic E-state index is 12.5. The van der Waals surface area contributed by atoms with E-state index in [1.165, 1.54) is 4.90 Å². The first kappa shape index (κ1) is 13.9. The summed E-state index contributed by atoms with van der Waals surface area (Å²) >= 11 is 1.72. The highest BCUT2D eigenvalue weighted by molar-refractivity contribution is 7.99. The molecule has 5 heteroatoms. The molecule has 1 saturated heterocycles. The van der Waals surface area contributed by atoms with Crippen molar-refractivity contribution in [2.24, 2.45) is 0 Å². The minimum Gasteiger partial charge on any atom is -0.319 e. The summed E-state index contributed by atoms with van der Waals surface area (Å²) in [4.78, 5) is 25.7. The van der Waals surface area contributed by atoms with Crippen molar-refractivity contribution in [2.75, 3.05) is 18.1 Å². The van der Waals surface area contributed by atoms with Crippen LogP contribution in [0.2, 0.25) is 0 Å². The Bertz CT molecular complexity index is 478. The molecule has 0 aromatic heterocycles. The molecule has 1 aliphatic heterocycles. The van der Waals surface area contributed by atoms with Crippen LogP contribution in [0.15, 0.2) is 30.3 Å². The molecule has 1 aromatic carbocycles. The number of carbonyl (C=O) groups is 2. The summed E-state index contributed by atoms with van der Waals surface area (Å²) in [6, 6.07) is 9.06. The van der Waals surface area contributed by atoms with Crippen molar-refractivity contribution in [3.05, 3.63) is 35.9 Å². The van der Waals surface area contributed by atoms with Crippen LogP contribution < -0.4 is 5.32 Å². The molecule has 0 aliphatic carbocycles. The number of nitrogens with zero attached hydrogens (tertiary/aromatic N) is 1. The maximum Gasteiger partial charge on any atom is 0.325 e. The van der Waals surface area contributed by atoms with Gasteiger partial charge in [0.2, 0.25) is 0 Å². The van der Waals surface area contributed by atoms with E-state index < -0.39 is 5.54 Å². The Morgan fingerprint density at radius 3 is 2.58 bits per heavy atom. The molecule has 1 aliphatic rings. The molecule has 19 heavy (non-hydrogen) atoms. The van der Waals surface area contributed by atoms with Crippen molar-refractivity contribution in [1.82, 2.24) is 10.2 Å². The minimum atomic E-state index is -0.935. The van der Waals surface area contributed by atoms with Gasteiger partial charge >= 0.3 is 6.03 Å². The second kappa shape index (κ2) is 5.65. The molecule has 0 unspecified atom stereocenters. The lowest BCUT2D eigenvalue weighted by Crippen LogP contribution is -2.41. The highest BCUT2D eigenvalue weighted by Crippen LogP contribution is 2.28. The molecule has 0 spiro atoms. The summed E-state index contributed by atoms with van der Waals surface area (Å²) < 4.78 is 0. The van der Waals surface area contributed by atoms with E-state index in [0.29, 0.717) is 6.54 Å². The zero-order chi connectivity index (χ0) is 13.9. The standard InChI is InChI=1S/C14H18N2O2S/c1-3-19-10-9-16-12(17)14(2,15-13(16)18)11-7-5-4-6-8-11/h4-8H,3,9-10H2,1-2H3,(H,15,18)/t14-/m0/s1. The highest BCUT2D eigenvalue weighted by Gasteiger charge is 2.48. The summed E-state index contributed by atoms with van der Waals surface area (Å²) in [6.07, 6.45) is 0. The van der Waals surface area contributed by atoms with Gasteiger partial charge < -0.3 is 5.32 Å². The molecule has 1 heterocycles. The molecule has 1 N–H and O–H groups in total. The second-order valence-electron chi connectivity index (χ2n) is 4.57. The van der Waals surface area contributed by atoms with Gasteiger partial charge in [0.1, 0.15) is 5.54 Å². The zero-order valence-corrected chi connectivity index (χ0v) is 12.0. The summed E-state index contributed by atoms with van der Waals surface area (Å²) in [5, 5.41) is 2.80. The van der Waals surface area contributed by atoms with Crippen molar-refractivity contribution in [3.63, 3.8) is 0 Å². The Hall–Kier alpha value is -1.49. The molecular weight excluding hydrogens is 260 g/mol. The Kier molecular flexibility index (Phi) is 4.14. The number of carbonyl (C=O) groups excluding carboxylic acids is 2. The average molecular weight is 278 g/mol. The maximum absolute atomic E-state index is 12.5. The fourth-order valence-corrected chi connectivity index (χ4v) is 2.77. The number of rotatable bonds is 5. The van der Waals surface area contributed by atoms with Crippen molar-refractivity contribution in [1.29, 1.82) is 0 Å². The number of imide groups is 1. The number of benzene rings is 1. The number of urea groups is 1. The first-order valence-corrected chi connectivity index (χ1v) is 7.52. The average Bonchev–Trinajstić information content (AvgIpc) is 2.64. The quantitative estimate of drug-likeness (QED) is 0.663. The number of hydrogen-bond acceptors (Lipinski definition) is 3. The first-order chi connectivity index (χ1) is 9.09. The summed E-state index contributed by atoms with van der Waals surface area (Å²) in [7, 11) is 0. The molecular formula is C14H18N2O2S. The number of nitrogens with one attached hydrogen (secondary N) is 1. The molecule has 1 aromatic rings. The van der Waals surface area contributed by atoms with Crippen LogP contribution >= 0.6 is 11.8 Å². The van der Waals surface area contributed by atoms with Gasteiger partial charge in [-0.2, -0.15) is 11.8 Å². The van der Waals surface area contributed by atoms with Crippen molar-refractivity contribution < 1.29 is 9.59 Å². The van der Waals surface area contributed by atoms with Crippen LogP contribution in [0.1, 0.15) is 19.4 Å². The van der Waals surface area contributed by atoms with Crippen LogP contribution in [0.4, 0.5) is 4.79 Å². The number of amides is 3. The Morgan fingerprint density at radius 1 is 1.26 bits per heavy atom. The number of hydrogen-bond donors (Lipinski definition) is 1. The van der Waals surface area contributed by atoms with Crippen molar-refractivity contribution in [2.45, 2.75) is 19.4 Å². The molecule has 0 bridgehead atoms. The molecule has 102 valence electrons. The van der Waals surface area contributed by atoms with E-state index in [0.717, 1.165) is 17.1 Å². The van der Waals surface area contributed by atoms with E-state index in [1.807, 2.05) is 30.3 Å². The second-order valence-corrected chi connectivity index (χ2v) is 5.97. The zero-order valence-electron chi connectivity index (χ0n) is 11.2. The fraction of sp³-hybridized carbons (Fsp3) is 0.429. The van der Waals surface area contributed by atoms with Gasteiger partial charge in [-0.05, 0) is 18.2 Å². The first-order valence-electron chi connectivity index (χ1n) is 6.37. The van der Waals surface area contributed by atoms with Gasteiger partial charge in [0.25, 0.3) is 5.91 Å². The van der Waals surface area contributed by atoms with Gasteiger partial charge in [0.15, 0.2) is 0 Å². The predicted octanol–water partition coefficient (Wildman–Crippen LogP) is 2.21. The van der Waals surface area contributed by atoms with E-state index in [4.69, 9.17) is 0 Å². The normalized spacial score (nSPS) is 22.7. The molecule has 3 amide bonds. The summed E-state index contributed by atoms with van der Waals surface area (Å²) in [5.41, 5.74) is -0.117. The lowest BCUT2D eigenvalue weighted by molar-refractivity contribution is -0.130. The largest absolute Gasteiger partial charge is 0.325 e. The smallest absolute Gasteiger partial charge is 0.319 e. The Morgan fingerprint density at radius 2 is 1.95 bits per heavy atom. The van der Waals surface area contributed by atoms with Gasteiger partial charge in [-0.3, -0.25) is 9.69 Å². The molecule has 2 rings (SSSR count). The lowest BCUT2D eigenvalue weighted by Gasteiger charge is -2.22. The minimum absolute atomic E-state index is 0.166. The molecule has 0 radical (unpaired) electrons. The molecule has 4 nitrogen and oxygen atoms in total.